The molecule has 0 spiro atoms. The number of methoxy groups -OCH3 is 2. The summed E-state index contributed by atoms with van der Waals surface area (Å²) in [6, 6.07) is 15.1. The molecule has 3 aromatic rings. The predicted octanol–water partition coefficient (Wildman–Crippen LogP) is 4.64. The van der Waals surface area contributed by atoms with Gasteiger partial charge < -0.3 is 14.0 Å². The number of hydrogen-bond acceptors (Lipinski definition) is 4. The number of carbonyl (C=O) groups is 1. The average molecular weight is 456 g/mol. The molecular formula is C22H22BrN3O3. The van der Waals surface area contributed by atoms with Crippen molar-refractivity contribution in [1.82, 2.24) is 9.99 Å². The first-order chi connectivity index (χ1) is 13.9. The van der Waals surface area contributed by atoms with Gasteiger partial charge in [0.25, 0.3) is 5.91 Å². The molecule has 0 radical (unpaired) electrons. The molecular weight excluding hydrogens is 434 g/mol. The topological polar surface area (TPSA) is 64.8 Å². The van der Waals surface area contributed by atoms with Crippen molar-refractivity contribution in [3.05, 3.63) is 75.5 Å². The van der Waals surface area contributed by atoms with Crippen LogP contribution in [0.15, 0.2) is 58.1 Å². The molecule has 0 saturated heterocycles. The molecule has 0 bridgehead atoms. The number of rotatable bonds is 6. The Labute approximate surface area is 178 Å². The maximum atomic E-state index is 12.4. The highest BCUT2D eigenvalue weighted by Gasteiger charge is 2.11. The van der Waals surface area contributed by atoms with E-state index >= 15 is 0 Å². The van der Waals surface area contributed by atoms with Crippen LogP contribution >= 0.6 is 15.9 Å². The Morgan fingerprint density at radius 3 is 2.52 bits per heavy atom. The van der Waals surface area contributed by atoms with Gasteiger partial charge in [-0.3, -0.25) is 4.79 Å². The van der Waals surface area contributed by atoms with Crippen molar-refractivity contribution in [2.45, 2.75) is 13.8 Å². The number of benzene rings is 2. The van der Waals surface area contributed by atoms with E-state index in [9.17, 15) is 4.79 Å². The van der Waals surface area contributed by atoms with Crippen molar-refractivity contribution < 1.29 is 14.3 Å². The predicted molar refractivity (Wildman–Crippen MR) is 118 cm³/mol. The number of aromatic nitrogens is 1. The number of hydrazone groups is 1. The SMILES string of the molecule is COc1ccc(C(=O)N/N=C/c2cc(C)n(-c3cccc(Br)c3)c2C)cc1OC. The van der Waals surface area contributed by atoms with Crippen LogP contribution in [-0.2, 0) is 0 Å². The summed E-state index contributed by atoms with van der Waals surface area (Å²) in [7, 11) is 3.07. The van der Waals surface area contributed by atoms with E-state index in [0.29, 0.717) is 17.1 Å². The average Bonchev–Trinajstić information content (AvgIpc) is 3.00. The summed E-state index contributed by atoms with van der Waals surface area (Å²) in [5.74, 6) is 0.720. The first kappa shape index (κ1) is 20.7. The second-order valence-corrected chi connectivity index (χ2v) is 7.33. The molecule has 3 rings (SSSR count). The van der Waals surface area contributed by atoms with Crippen LogP contribution in [0.5, 0.6) is 11.5 Å². The largest absolute Gasteiger partial charge is 0.493 e. The number of carbonyl (C=O) groups excluding carboxylic acids is 1. The molecule has 150 valence electrons. The molecule has 1 heterocycles. The zero-order valence-corrected chi connectivity index (χ0v) is 18.3. The van der Waals surface area contributed by atoms with Gasteiger partial charge in [-0.2, -0.15) is 5.10 Å². The molecule has 1 aromatic heterocycles. The minimum atomic E-state index is -0.331. The van der Waals surface area contributed by atoms with Crippen molar-refractivity contribution in [3.63, 3.8) is 0 Å². The number of nitrogens with zero attached hydrogens (tertiary/aromatic N) is 2. The molecule has 0 atom stereocenters. The van der Waals surface area contributed by atoms with E-state index in [0.717, 1.165) is 27.1 Å². The zero-order chi connectivity index (χ0) is 21.0. The van der Waals surface area contributed by atoms with Crippen molar-refractivity contribution in [2.75, 3.05) is 14.2 Å². The lowest BCUT2D eigenvalue weighted by Crippen LogP contribution is -2.17. The van der Waals surface area contributed by atoms with Crippen molar-refractivity contribution in [1.29, 1.82) is 0 Å². The summed E-state index contributed by atoms with van der Waals surface area (Å²) < 4.78 is 13.6. The van der Waals surface area contributed by atoms with Gasteiger partial charge in [-0.25, -0.2) is 5.43 Å². The second kappa shape index (κ2) is 8.96. The lowest BCUT2D eigenvalue weighted by atomic mass is 10.2. The standard InChI is InChI=1S/C22H22BrN3O3/c1-14-10-17(15(2)26(14)19-7-5-6-18(23)12-19)13-24-25-22(27)16-8-9-20(28-3)21(11-16)29-4/h5-13H,1-4H3,(H,25,27)/b24-13+. The number of halogens is 1. The Kier molecular flexibility index (Phi) is 6.39. The third-order valence-corrected chi connectivity index (χ3v) is 5.05. The number of ether oxygens (including phenoxy) is 2. The van der Waals surface area contributed by atoms with Crippen LogP contribution in [-0.4, -0.2) is 30.9 Å². The summed E-state index contributed by atoms with van der Waals surface area (Å²) in [5.41, 5.74) is 7.08. The zero-order valence-electron chi connectivity index (χ0n) is 16.7. The Morgan fingerprint density at radius 1 is 1.07 bits per heavy atom. The summed E-state index contributed by atoms with van der Waals surface area (Å²) >= 11 is 3.51. The van der Waals surface area contributed by atoms with Gasteiger partial charge >= 0.3 is 0 Å². The fourth-order valence-corrected chi connectivity index (χ4v) is 3.52. The van der Waals surface area contributed by atoms with E-state index in [2.05, 4.69) is 37.1 Å². The van der Waals surface area contributed by atoms with Gasteiger partial charge in [0, 0.05) is 32.7 Å². The monoisotopic (exact) mass is 455 g/mol. The van der Waals surface area contributed by atoms with Gasteiger partial charge in [0.1, 0.15) is 0 Å². The molecule has 6 nitrogen and oxygen atoms in total. The van der Waals surface area contributed by atoms with Gasteiger partial charge in [0.05, 0.1) is 20.4 Å². The summed E-state index contributed by atoms with van der Waals surface area (Å²) in [6.07, 6.45) is 1.65. The van der Waals surface area contributed by atoms with E-state index in [1.165, 1.54) is 7.11 Å². The summed E-state index contributed by atoms with van der Waals surface area (Å²) in [6.45, 7) is 4.05. The Morgan fingerprint density at radius 2 is 1.83 bits per heavy atom. The number of aryl methyl sites for hydroxylation is 1. The third-order valence-electron chi connectivity index (χ3n) is 4.55. The molecule has 0 aliphatic rings. The maximum Gasteiger partial charge on any atom is 0.271 e. The molecule has 0 fully saturated rings. The number of hydrogen-bond donors (Lipinski definition) is 1. The van der Waals surface area contributed by atoms with Gasteiger partial charge in [-0.05, 0) is 56.3 Å². The highest BCUT2D eigenvalue weighted by molar-refractivity contribution is 9.10. The van der Waals surface area contributed by atoms with Crippen molar-refractivity contribution in [2.24, 2.45) is 5.10 Å². The number of amides is 1. The van der Waals surface area contributed by atoms with Crippen LogP contribution in [0.25, 0.3) is 5.69 Å². The normalized spacial score (nSPS) is 10.9. The minimum absolute atomic E-state index is 0.331. The van der Waals surface area contributed by atoms with Crippen LogP contribution in [0, 0.1) is 13.8 Å². The second-order valence-electron chi connectivity index (χ2n) is 6.41. The van der Waals surface area contributed by atoms with Gasteiger partial charge in [-0.1, -0.05) is 22.0 Å². The van der Waals surface area contributed by atoms with E-state index < -0.39 is 0 Å². The van der Waals surface area contributed by atoms with Crippen LogP contribution in [0.4, 0.5) is 0 Å². The molecule has 7 heteroatoms. The minimum Gasteiger partial charge on any atom is -0.493 e. The smallest absolute Gasteiger partial charge is 0.271 e. The first-order valence-corrected chi connectivity index (χ1v) is 9.74. The highest BCUT2D eigenvalue weighted by atomic mass is 79.9. The lowest BCUT2D eigenvalue weighted by molar-refractivity contribution is 0.0954. The Balaban J connectivity index is 1.77. The fourth-order valence-electron chi connectivity index (χ4n) is 3.13. The molecule has 0 saturated carbocycles. The third kappa shape index (κ3) is 4.51. The van der Waals surface area contributed by atoms with E-state index in [-0.39, 0.29) is 5.91 Å². The maximum absolute atomic E-state index is 12.4. The van der Waals surface area contributed by atoms with Crippen LogP contribution in [0.1, 0.15) is 27.3 Å². The quantitative estimate of drug-likeness (QED) is 0.434. The Hall–Kier alpha value is -3.06. The summed E-state index contributed by atoms with van der Waals surface area (Å²) in [4.78, 5) is 12.4. The van der Waals surface area contributed by atoms with Crippen molar-refractivity contribution >= 4 is 28.1 Å². The molecule has 0 aliphatic heterocycles. The lowest BCUT2D eigenvalue weighted by Gasteiger charge is -2.10. The summed E-state index contributed by atoms with van der Waals surface area (Å²) in [5, 5.41) is 4.12. The fraction of sp³-hybridized carbons (Fsp3) is 0.182. The van der Waals surface area contributed by atoms with Gasteiger partial charge in [-0.15, -0.1) is 0 Å². The molecule has 0 unspecified atom stereocenters. The molecule has 1 N–H and O–H groups in total. The molecule has 29 heavy (non-hydrogen) atoms. The van der Waals surface area contributed by atoms with E-state index in [1.54, 1.807) is 31.5 Å². The number of nitrogens with one attached hydrogen (secondary N) is 1. The first-order valence-electron chi connectivity index (χ1n) is 8.95. The Bertz CT molecular complexity index is 1070. The van der Waals surface area contributed by atoms with E-state index in [4.69, 9.17) is 9.47 Å². The van der Waals surface area contributed by atoms with E-state index in [1.807, 2.05) is 38.1 Å². The van der Waals surface area contributed by atoms with Gasteiger partial charge in [0.2, 0.25) is 0 Å². The van der Waals surface area contributed by atoms with Crippen LogP contribution in [0.3, 0.4) is 0 Å². The molecule has 1 amide bonds. The van der Waals surface area contributed by atoms with Crippen LogP contribution < -0.4 is 14.9 Å². The molecule has 0 aliphatic carbocycles. The van der Waals surface area contributed by atoms with Crippen molar-refractivity contribution in [3.8, 4) is 17.2 Å². The highest BCUT2D eigenvalue weighted by Crippen LogP contribution is 2.27. The van der Waals surface area contributed by atoms with Crippen LogP contribution in [0.2, 0.25) is 0 Å². The molecule has 2 aromatic carbocycles. The van der Waals surface area contributed by atoms with Gasteiger partial charge in [0.15, 0.2) is 11.5 Å².